The van der Waals surface area contributed by atoms with Gasteiger partial charge in [-0.25, -0.2) is 4.79 Å². The van der Waals surface area contributed by atoms with Crippen molar-refractivity contribution in [2.45, 2.75) is 40.0 Å². The second-order valence-electron chi connectivity index (χ2n) is 6.39. The molecular formula is C19H19F3N2O4. The molecule has 0 saturated heterocycles. The second kappa shape index (κ2) is 7.49. The number of carbonyl (C=O) groups is 3. The number of H-pyrrole nitrogens is 1. The molecule has 0 spiro atoms. The molecule has 3 N–H and O–H groups in total. The maximum Gasteiger partial charge on any atom is 0.416 e. The SMILES string of the molecule is CC(=O)c1c(C)[nH]c(C(=O)[C@H](C)OC(=O)c2ccc(C(F)(F)F)cc2N)c1C. The Morgan fingerprint density at radius 3 is 2.25 bits per heavy atom. The van der Waals surface area contributed by atoms with Crippen molar-refractivity contribution in [2.75, 3.05) is 5.73 Å². The van der Waals surface area contributed by atoms with Gasteiger partial charge in [-0.2, -0.15) is 13.2 Å². The maximum atomic E-state index is 12.7. The van der Waals surface area contributed by atoms with Crippen LogP contribution in [-0.4, -0.2) is 28.6 Å². The van der Waals surface area contributed by atoms with Crippen LogP contribution >= 0.6 is 0 Å². The Hall–Kier alpha value is -3.10. The van der Waals surface area contributed by atoms with Crippen molar-refractivity contribution < 1.29 is 32.3 Å². The number of aromatic amines is 1. The fourth-order valence-corrected chi connectivity index (χ4v) is 2.93. The van der Waals surface area contributed by atoms with Crippen LogP contribution in [0.3, 0.4) is 0 Å². The largest absolute Gasteiger partial charge is 0.451 e. The molecule has 150 valence electrons. The Balaban J connectivity index is 2.22. The van der Waals surface area contributed by atoms with E-state index in [0.717, 1.165) is 6.07 Å². The van der Waals surface area contributed by atoms with E-state index in [2.05, 4.69) is 4.98 Å². The Labute approximate surface area is 158 Å². The van der Waals surface area contributed by atoms with Gasteiger partial charge in [0.2, 0.25) is 5.78 Å². The van der Waals surface area contributed by atoms with Gasteiger partial charge < -0.3 is 15.5 Å². The molecule has 0 aliphatic carbocycles. The number of hydrogen-bond donors (Lipinski definition) is 2. The lowest BCUT2D eigenvalue weighted by atomic mass is 10.0. The summed E-state index contributed by atoms with van der Waals surface area (Å²) in [6, 6.07) is 2.23. The summed E-state index contributed by atoms with van der Waals surface area (Å²) in [5.41, 5.74) is 5.30. The summed E-state index contributed by atoms with van der Waals surface area (Å²) >= 11 is 0. The van der Waals surface area contributed by atoms with E-state index in [1.54, 1.807) is 13.8 Å². The monoisotopic (exact) mass is 396 g/mol. The number of nitrogens with one attached hydrogen (secondary N) is 1. The maximum absolute atomic E-state index is 12.7. The summed E-state index contributed by atoms with van der Waals surface area (Å²) in [6.07, 6.45) is -5.84. The van der Waals surface area contributed by atoms with E-state index in [9.17, 15) is 27.6 Å². The first kappa shape index (κ1) is 21.2. The van der Waals surface area contributed by atoms with E-state index in [4.69, 9.17) is 10.5 Å². The van der Waals surface area contributed by atoms with Gasteiger partial charge in [-0.05, 0) is 51.5 Å². The Kier molecular flexibility index (Phi) is 5.67. The van der Waals surface area contributed by atoms with Crippen molar-refractivity contribution in [3.63, 3.8) is 0 Å². The van der Waals surface area contributed by atoms with Crippen LogP contribution in [0.4, 0.5) is 18.9 Å². The van der Waals surface area contributed by atoms with Crippen LogP contribution in [0.1, 0.15) is 61.9 Å². The third-order valence-electron chi connectivity index (χ3n) is 4.29. The summed E-state index contributed by atoms with van der Waals surface area (Å²) < 4.78 is 43.1. The van der Waals surface area contributed by atoms with Gasteiger partial charge >= 0.3 is 12.1 Å². The van der Waals surface area contributed by atoms with Crippen LogP contribution < -0.4 is 5.73 Å². The molecule has 0 aliphatic heterocycles. The average molecular weight is 396 g/mol. The molecule has 0 radical (unpaired) electrons. The highest BCUT2D eigenvalue weighted by atomic mass is 19.4. The number of anilines is 1. The highest BCUT2D eigenvalue weighted by Crippen LogP contribution is 2.31. The Morgan fingerprint density at radius 2 is 1.79 bits per heavy atom. The van der Waals surface area contributed by atoms with Crippen LogP contribution in [0.5, 0.6) is 0 Å². The molecule has 2 rings (SSSR count). The minimum absolute atomic E-state index is 0.128. The molecule has 0 saturated carbocycles. The van der Waals surface area contributed by atoms with E-state index in [1.165, 1.54) is 13.8 Å². The second-order valence-corrected chi connectivity index (χ2v) is 6.39. The molecule has 1 aromatic heterocycles. The number of hydrogen-bond acceptors (Lipinski definition) is 5. The molecule has 28 heavy (non-hydrogen) atoms. The number of rotatable bonds is 5. The van der Waals surface area contributed by atoms with E-state index in [0.29, 0.717) is 29.0 Å². The highest BCUT2D eigenvalue weighted by Gasteiger charge is 2.32. The zero-order valence-electron chi connectivity index (χ0n) is 15.7. The first-order chi connectivity index (χ1) is 12.8. The normalized spacial score (nSPS) is 12.5. The number of Topliss-reactive ketones (excluding diaryl/α,β-unsaturated/α-hetero) is 2. The van der Waals surface area contributed by atoms with Crippen molar-refractivity contribution in [2.24, 2.45) is 0 Å². The van der Waals surface area contributed by atoms with Gasteiger partial charge in [-0.3, -0.25) is 9.59 Å². The van der Waals surface area contributed by atoms with Crippen molar-refractivity contribution >= 4 is 23.2 Å². The molecule has 0 unspecified atom stereocenters. The molecule has 0 fully saturated rings. The molecule has 0 aliphatic rings. The highest BCUT2D eigenvalue weighted by molar-refractivity contribution is 6.06. The molecular weight excluding hydrogens is 377 g/mol. The summed E-state index contributed by atoms with van der Waals surface area (Å²) in [4.78, 5) is 39.3. The van der Waals surface area contributed by atoms with E-state index in [-0.39, 0.29) is 17.0 Å². The number of halogens is 3. The average Bonchev–Trinajstić information content (AvgIpc) is 2.87. The minimum Gasteiger partial charge on any atom is -0.451 e. The van der Waals surface area contributed by atoms with Crippen LogP contribution in [-0.2, 0) is 10.9 Å². The number of alkyl halides is 3. The number of esters is 1. The van der Waals surface area contributed by atoms with E-state index in [1.807, 2.05) is 0 Å². The fraction of sp³-hybridized carbons (Fsp3) is 0.316. The topological polar surface area (TPSA) is 102 Å². The van der Waals surface area contributed by atoms with Crippen molar-refractivity contribution in [1.82, 2.24) is 4.98 Å². The lowest BCUT2D eigenvalue weighted by Gasteiger charge is -2.14. The first-order valence-electron chi connectivity index (χ1n) is 8.26. The number of carbonyl (C=O) groups excluding carboxylic acids is 3. The van der Waals surface area contributed by atoms with Crippen LogP contribution in [0, 0.1) is 13.8 Å². The fourth-order valence-electron chi connectivity index (χ4n) is 2.93. The lowest BCUT2D eigenvalue weighted by Crippen LogP contribution is -2.26. The zero-order chi connectivity index (χ0) is 21.4. The molecule has 9 heteroatoms. The summed E-state index contributed by atoms with van der Waals surface area (Å²) in [5.74, 6) is -1.82. The van der Waals surface area contributed by atoms with Gasteiger partial charge in [0.1, 0.15) is 0 Å². The molecule has 0 bridgehead atoms. The predicted octanol–water partition coefficient (Wildman–Crippen LogP) is 3.86. The molecule has 1 atom stereocenters. The summed E-state index contributed by atoms with van der Waals surface area (Å²) in [6.45, 7) is 5.92. The van der Waals surface area contributed by atoms with Gasteiger partial charge in [-0.15, -0.1) is 0 Å². The number of aromatic nitrogens is 1. The predicted molar refractivity (Wildman–Crippen MR) is 95.3 cm³/mol. The van der Waals surface area contributed by atoms with E-state index >= 15 is 0 Å². The third-order valence-corrected chi connectivity index (χ3v) is 4.29. The van der Waals surface area contributed by atoms with Crippen molar-refractivity contribution in [1.29, 1.82) is 0 Å². The summed E-state index contributed by atoms with van der Waals surface area (Å²) in [5, 5.41) is 0. The van der Waals surface area contributed by atoms with Crippen LogP contribution in [0.15, 0.2) is 18.2 Å². The molecule has 6 nitrogen and oxygen atoms in total. The summed E-state index contributed by atoms with van der Waals surface area (Å²) in [7, 11) is 0. The number of nitrogen functional groups attached to an aromatic ring is 1. The standard InChI is InChI=1S/C19H19F3N2O4/c1-8-15(10(3)25)9(2)24-16(8)17(26)11(4)28-18(27)13-6-5-12(7-14(13)23)19(20,21)22/h5-7,11,24H,23H2,1-4H3/t11-/m0/s1. The van der Waals surface area contributed by atoms with Gasteiger partial charge in [0.05, 0.1) is 16.8 Å². The number of aryl methyl sites for hydroxylation is 1. The zero-order valence-corrected chi connectivity index (χ0v) is 15.7. The molecule has 2 aromatic rings. The molecule has 1 aromatic carbocycles. The quantitative estimate of drug-likeness (QED) is 0.454. The number of ketones is 2. The van der Waals surface area contributed by atoms with Crippen molar-refractivity contribution in [3.05, 3.63) is 51.8 Å². The molecule has 0 amide bonds. The first-order valence-corrected chi connectivity index (χ1v) is 8.26. The number of ether oxygens (including phenoxy) is 1. The van der Waals surface area contributed by atoms with Crippen LogP contribution in [0.25, 0.3) is 0 Å². The minimum atomic E-state index is -4.60. The van der Waals surface area contributed by atoms with Crippen molar-refractivity contribution in [3.8, 4) is 0 Å². The number of nitrogens with two attached hydrogens (primary N) is 1. The lowest BCUT2D eigenvalue weighted by molar-refractivity contribution is -0.137. The Bertz CT molecular complexity index is 961. The van der Waals surface area contributed by atoms with Gasteiger partial charge in [-0.1, -0.05) is 0 Å². The molecule has 1 heterocycles. The van der Waals surface area contributed by atoms with Gasteiger partial charge in [0.15, 0.2) is 11.9 Å². The van der Waals surface area contributed by atoms with E-state index < -0.39 is 35.3 Å². The van der Waals surface area contributed by atoms with Gasteiger partial charge in [0, 0.05) is 16.9 Å². The number of benzene rings is 1. The third kappa shape index (κ3) is 4.08. The smallest absolute Gasteiger partial charge is 0.416 e. The van der Waals surface area contributed by atoms with Crippen LogP contribution in [0.2, 0.25) is 0 Å². The van der Waals surface area contributed by atoms with Gasteiger partial charge in [0.25, 0.3) is 0 Å². The Morgan fingerprint density at radius 1 is 1.18 bits per heavy atom.